The Bertz CT molecular complexity index is 1280. The van der Waals surface area contributed by atoms with Gasteiger partial charge in [0.15, 0.2) is 0 Å². The summed E-state index contributed by atoms with van der Waals surface area (Å²) in [4.78, 5) is 4.89. The van der Waals surface area contributed by atoms with E-state index in [1.54, 1.807) is 18.2 Å². The first kappa shape index (κ1) is 20.6. The molecule has 2 aromatic carbocycles. The maximum Gasteiger partial charge on any atom is 0.277 e. The van der Waals surface area contributed by atoms with Gasteiger partial charge in [-0.05, 0) is 37.3 Å². The van der Waals surface area contributed by atoms with E-state index in [2.05, 4.69) is 19.7 Å². The first-order chi connectivity index (χ1) is 14.4. The van der Waals surface area contributed by atoms with Gasteiger partial charge in [-0.2, -0.15) is 0 Å². The summed E-state index contributed by atoms with van der Waals surface area (Å²) in [6.45, 7) is 2.74. The number of imidazole rings is 1. The van der Waals surface area contributed by atoms with E-state index < -0.39 is 10.0 Å². The lowest BCUT2D eigenvalue weighted by atomic mass is 10.2. The predicted molar refractivity (Wildman–Crippen MR) is 116 cm³/mol. The quantitative estimate of drug-likeness (QED) is 0.402. The maximum atomic E-state index is 12.4. The van der Waals surface area contributed by atoms with E-state index in [9.17, 15) is 8.42 Å². The van der Waals surface area contributed by atoms with Crippen molar-refractivity contribution in [1.82, 2.24) is 24.1 Å². The van der Waals surface area contributed by atoms with Crippen LogP contribution in [0.1, 0.15) is 12.7 Å². The normalized spacial score (nSPS) is 12.1. The van der Waals surface area contributed by atoms with Gasteiger partial charge in [0, 0.05) is 26.2 Å². The Kier molecular flexibility index (Phi) is 5.63. The number of aryl methyl sites for hydroxylation is 1. The number of aromatic nitrogens is 4. The van der Waals surface area contributed by atoms with Crippen molar-refractivity contribution in [3.8, 4) is 11.5 Å². The van der Waals surface area contributed by atoms with Crippen molar-refractivity contribution in [3.05, 3.63) is 54.4 Å². The molecule has 30 heavy (non-hydrogen) atoms. The largest absolute Gasteiger partial charge is 0.411 e. The average molecular weight is 444 g/mol. The summed E-state index contributed by atoms with van der Waals surface area (Å²) in [6, 6.07) is 14.6. The van der Waals surface area contributed by atoms with E-state index in [1.165, 1.54) is 30.2 Å². The zero-order chi connectivity index (χ0) is 21.3. The van der Waals surface area contributed by atoms with E-state index in [0.29, 0.717) is 28.9 Å². The Morgan fingerprint density at radius 3 is 2.57 bits per heavy atom. The minimum atomic E-state index is -3.51. The van der Waals surface area contributed by atoms with Crippen LogP contribution in [0.25, 0.3) is 22.5 Å². The van der Waals surface area contributed by atoms with E-state index in [4.69, 9.17) is 4.42 Å². The van der Waals surface area contributed by atoms with Crippen molar-refractivity contribution in [2.24, 2.45) is 0 Å². The van der Waals surface area contributed by atoms with Crippen LogP contribution in [-0.4, -0.2) is 46.6 Å². The maximum absolute atomic E-state index is 12.4. The van der Waals surface area contributed by atoms with E-state index in [-0.39, 0.29) is 4.90 Å². The molecule has 8 nitrogen and oxygen atoms in total. The van der Waals surface area contributed by atoms with Crippen LogP contribution in [-0.2, 0) is 22.3 Å². The van der Waals surface area contributed by atoms with Gasteiger partial charge in [-0.3, -0.25) is 0 Å². The fourth-order valence-electron chi connectivity index (χ4n) is 3.09. The molecular formula is C20H21N5O3S2. The molecule has 156 valence electrons. The molecule has 2 heterocycles. The zero-order valence-corrected chi connectivity index (χ0v) is 18.4. The number of fused-ring (bicyclic) bond motifs is 1. The number of thioether (sulfide) groups is 1. The molecule has 0 aliphatic carbocycles. The van der Waals surface area contributed by atoms with Crippen LogP contribution in [0.2, 0.25) is 0 Å². The predicted octanol–water partition coefficient (Wildman–Crippen LogP) is 3.65. The summed E-state index contributed by atoms with van der Waals surface area (Å²) >= 11 is 1.40. The Balaban J connectivity index is 1.59. The topological polar surface area (TPSA) is 94.1 Å². The summed E-state index contributed by atoms with van der Waals surface area (Å²) in [6.07, 6.45) is 0. The SMILES string of the molecule is CCn1c(CSc2nnc(-c3ccccc3)o2)nc2cc(S(=O)(=O)N(C)C)ccc21. The van der Waals surface area contributed by atoms with Crippen molar-refractivity contribution >= 4 is 32.8 Å². The van der Waals surface area contributed by atoms with Gasteiger partial charge in [-0.1, -0.05) is 30.0 Å². The Morgan fingerprint density at radius 2 is 1.87 bits per heavy atom. The first-order valence-corrected chi connectivity index (χ1v) is 11.8. The first-order valence-electron chi connectivity index (χ1n) is 9.33. The second-order valence-corrected chi connectivity index (χ2v) is 9.82. The van der Waals surface area contributed by atoms with Crippen molar-refractivity contribution in [2.45, 2.75) is 29.3 Å². The van der Waals surface area contributed by atoms with Gasteiger partial charge in [-0.15, -0.1) is 10.2 Å². The number of rotatable bonds is 7. The average Bonchev–Trinajstić information content (AvgIpc) is 3.36. The van der Waals surface area contributed by atoms with Gasteiger partial charge in [-0.25, -0.2) is 17.7 Å². The van der Waals surface area contributed by atoms with Gasteiger partial charge >= 0.3 is 0 Å². The Hall–Kier alpha value is -2.69. The molecule has 0 aliphatic heterocycles. The second kappa shape index (κ2) is 8.21. The lowest BCUT2D eigenvalue weighted by molar-refractivity contribution is 0.465. The van der Waals surface area contributed by atoms with Crippen LogP contribution in [0, 0.1) is 0 Å². The number of nitrogens with zero attached hydrogens (tertiary/aromatic N) is 5. The van der Waals surface area contributed by atoms with E-state index >= 15 is 0 Å². The zero-order valence-electron chi connectivity index (χ0n) is 16.8. The van der Waals surface area contributed by atoms with Gasteiger partial charge in [0.25, 0.3) is 5.22 Å². The van der Waals surface area contributed by atoms with Crippen LogP contribution in [0.5, 0.6) is 0 Å². The molecule has 4 aromatic rings. The molecule has 4 rings (SSSR count). The molecule has 0 saturated carbocycles. The lowest BCUT2D eigenvalue weighted by Crippen LogP contribution is -2.22. The van der Waals surface area contributed by atoms with Crippen molar-refractivity contribution in [2.75, 3.05) is 14.1 Å². The summed E-state index contributed by atoms with van der Waals surface area (Å²) in [5.41, 5.74) is 2.40. The number of benzene rings is 2. The van der Waals surface area contributed by atoms with Crippen LogP contribution in [0.4, 0.5) is 0 Å². The molecule has 0 N–H and O–H groups in total. The van der Waals surface area contributed by atoms with E-state index in [0.717, 1.165) is 16.9 Å². The molecular weight excluding hydrogens is 422 g/mol. The van der Waals surface area contributed by atoms with Crippen LogP contribution < -0.4 is 0 Å². The number of hydrogen-bond donors (Lipinski definition) is 0. The molecule has 2 aromatic heterocycles. The highest BCUT2D eigenvalue weighted by Gasteiger charge is 2.20. The molecule has 0 aliphatic rings. The lowest BCUT2D eigenvalue weighted by Gasteiger charge is -2.11. The highest BCUT2D eigenvalue weighted by atomic mass is 32.2. The molecule has 0 amide bonds. The molecule has 0 atom stereocenters. The van der Waals surface area contributed by atoms with Crippen LogP contribution >= 0.6 is 11.8 Å². The third kappa shape index (κ3) is 3.85. The summed E-state index contributed by atoms with van der Waals surface area (Å²) in [7, 11) is -0.484. The minimum Gasteiger partial charge on any atom is -0.411 e. The van der Waals surface area contributed by atoms with Crippen molar-refractivity contribution < 1.29 is 12.8 Å². The fourth-order valence-corrected chi connectivity index (χ4v) is 4.72. The van der Waals surface area contributed by atoms with Crippen molar-refractivity contribution in [3.63, 3.8) is 0 Å². The van der Waals surface area contributed by atoms with Gasteiger partial charge < -0.3 is 8.98 Å². The van der Waals surface area contributed by atoms with Crippen LogP contribution in [0.15, 0.2) is 63.1 Å². The highest BCUT2D eigenvalue weighted by Crippen LogP contribution is 2.28. The monoisotopic (exact) mass is 443 g/mol. The highest BCUT2D eigenvalue weighted by molar-refractivity contribution is 7.98. The third-order valence-corrected chi connectivity index (χ3v) is 7.27. The van der Waals surface area contributed by atoms with Crippen molar-refractivity contribution in [1.29, 1.82) is 0 Å². The van der Waals surface area contributed by atoms with Gasteiger partial charge in [0.1, 0.15) is 5.82 Å². The van der Waals surface area contributed by atoms with E-state index in [1.807, 2.05) is 37.3 Å². The Labute approximate surface area is 179 Å². The third-order valence-electron chi connectivity index (χ3n) is 4.65. The number of hydrogen-bond acceptors (Lipinski definition) is 7. The summed E-state index contributed by atoms with van der Waals surface area (Å²) < 4.78 is 33.9. The number of sulfonamides is 1. The molecule has 10 heteroatoms. The van der Waals surface area contributed by atoms with Gasteiger partial charge in [0.05, 0.1) is 21.7 Å². The summed E-state index contributed by atoms with van der Waals surface area (Å²) in [5.74, 6) is 1.81. The van der Waals surface area contributed by atoms with Crippen LogP contribution in [0.3, 0.4) is 0 Å². The summed E-state index contributed by atoms with van der Waals surface area (Å²) in [5, 5.41) is 8.67. The molecule has 0 bridgehead atoms. The second-order valence-electron chi connectivity index (χ2n) is 6.74. The molecule has 0 spiro atoms. The minimum absolute atomic E-state index is 0.226. The molecule has 0 unspecified atom stereocenters. The molecule has 0 radical (unpaired) electrons. The van der Waals surface area contributed by atoms with Gasteiger partial charge in [0.2, 0.25) is 15.9 Å². The fraction of sp³-hybridized carbons (Fsp3) is 0.250. The molecule has 0 fully saturated rings. The molecule has 0 saturated heterocycles. The Morgan fingerprint density at radius 1 is 1.10 bits per heavy atom. The standard InChI is InChI=1S/C20H21N5O3S2/c1-4-25-17-11-10-15(30(26,27)24(2)3)12-16(17)21-18(25)13-29-20-23-22-19(28-20)14-8-6-5-7-9-14/h5-12H,4,13H2,1-3H3. The smallest absolute Gasteiger partial charge is 0.277 e.